The third-order valence-electron chi connectivity index (χ3n) is 3.34. The zero-order valence-electron chi connectivity index (χ0n) is 12.7. The number of carbonyl (C=O) groups excluding carboxylic acids is 2. The molecular formula is C15H27NO3. The topological polar surface area (TPSA) is 46.6 Å². The zero-order valence-corrected chi connectivity index (χ0v) is 12.7. The summed E-state index contributed by atoms with van der Waals surface area (Å²) in [4.78, 5) is 25.7. The molecule has 4 nitrogen and oxygen atoms in total. The van der Waals surface area contributed by atoms with Crippen molar-refractivity contribution in [3.63, 3.8) is 0 Å². The van der Waals surface area contributed by atoms with Crippen molar-refractivity contribution in [2.45, 2.75) is 77.9 Å². The van der Waals surface area contributed by atoms with E-state index in [0.29, 0.717) is 6.04 Å². The molecule has 0 aliphatic carbocycles. The molecule has 1 rings (SSSR count). The number of carbonyl (C=O) groups is 2. The lowest BCUT2D eigenvalue weighted by Crippen LogP contribution is -2.38. The molecule has 0 aromatic rings. The maximum atomic E-state index is 12.1. The van der Waals surface area contributed by atoms with Crippen molar-refractivity contribution in [2.75, 3.05) is 6.54 Å². The highest BCUT2D eigenvalue weighted by Crippen LogP contribution is 2.18. The first-order valence-electron chi connectivity index (χ1n) is 7.31. The van der Waals surface area contributed by atoms with Gasteiger partial charge in [-0.15, -0.1) is 0 Å². The number of esters is 1. The molecule has 0 N–H and O–H groups in total. The van der Waals surface area contributed by atoms with E-state index in [-0.39, 0.29) is 24.7 Å². The minimum absolute atomic E-state index is 0.0836. The Morgan fingerprint density at radius 3 is 2.47 bits per heavy atom. The van der Waals surface area contributed by atoms with Crippen molar-refractivity contribution in [1.82, 2.24) is 4.90 Å². The van der Waals surface area contributed by atoms with Gasteiger partial charge in [0.1, 0.15) is 5.60 Å². The van der Waals surface area contributed by atoms with Crippen molar-refractivity contribution >= 4 is 11.9 Å². The predicted molar refractivity (Wildman–Crippen MR) is 74.7 cm³/mol. The maximum absolute atomic E-state index is 12.1. The van der Waals surface area contributed by atoms with Crippen LogP contribution in [0, 0.1) is 0 Å². The van der Waals surface area contributed by atoms with E-state index in [2.05, 4.69) is 6.92 Å². The standard InChI is InChI=1S/C15H27NO3/c1-12-8-6-5-7-11-16(12)13(17)9-10-14(18)19-15(2,3)4/h12H,5-11H2,1-4H3. The number of likely N-dealkylation sites (tertiary alicyclic amines) is 1. The third-order valence-corrected chi connectivity index (χ3v) is 3.34. The summed E-state index contributed by atoms with van der Waals surface area (Å²) < 4.78 is 5.22. The summed E-state index contributed by atoms with van der Waals surface area (Å²) >= 11 is 0. The van der Waals surface area contributed by atoms with Gasteiger partial charge in [0.05, 0.1) is 6.42 Å². The summed E-state index contributed by atoms with van der Waals surface area (Å²) in [6.07, 6.45) is 4.97. The Hall–Kier alpha value is -1.06. The fourth-order valence-electron chi connectivity index (χ4n) is 2.39. The fourth-order valence-corrected chi connectivity index (χ4v) is 2.39. The lowest BCUT2D eigenvalue weighted by atomic mass is 10.1. The van der Waals surface area contributed by atoms with Crippen molar-refractivity contribution < 1.29 is 14.3 Å². The van der Waals surface area contributed by atoms with Gasteiger partial charge in [-0.3, -0.25) is 9.59 Å². The van der Waals surface area contributed by atoms with Crippen LogP contribution in [0.5, 0.6) is 0 Å². The lowest BCUT2D eigenvalue weighted by Gasteiger charge is -2.27. The first kappa shape index (κ1) is 16.0. The number of hydrogen-bond donors (Lipinski definition) is 0. The van der Waals surface area contributed by atoms with Crippen LogP contribution in [-0.2, 0) is 14.3 Å². The van der Waals surface area contributed by atoms with Crippen molar-refractivity contribution in [1.29, 1.82) is 0 Å². The van der Waals surface area contributed by atoms with Crippen LogP contribution < -0.4 is 0 Å². The molecule has 0 spiro atoms. The first-order chi connectivity index (χ1) is 8.79. The Balaban J connectivity index is 2.39. The largest absolute Gasteiger partial charge is 0.460 e. The minimum Gasteiger partial charge on any atom is -0.460 e. The van der Waals surface area contributed by atoms with E-state index in [9.17, 15) is 9.59 Å². The van der Waals surface area contributed by atoms with E-state index in [1.165, 1.54) is 12.8 Å². The van der Waals surface area contributed by atoms with Crippen LogP contribution in [0.25, 0.3) is 0 Å². The summed E-state index contributed by atoms with van der Waals surface area (Å²) in [5, 5.41) is 0. The van der Waals surface area contributed by atoms with Gasteiger partial charge >= 0.3 is 5.97 Å². The first-order valence-corrected chi connectivity index (χ1v) is 7.31. The average molecular weight is 269 g/mol. The Morgan fingerprint density at radius 2 is 1.84 bits per heavy atom. The van der Waals surface area contributed by atoms with Gasteiger partial charge in [0.25, 0.3) is 0 Å². The summed E-state index contributed by atoms with van der Waals surface area (Å²) in [5.41, 5.74) is -0.476. The SMILES string of the molecule is CC1CCCCCN1C(=O)CCC(=O)OC(C)(C)C. The van der Waals surface area contributed by atoms with E-state index in [4.69, 9.17) is 4.74 Å². The van der Waals surface area contributed by atoms with Crippen LogP contribution in [0.3, 0.4) is 0 Å². The second kappa shape index (κ2) is 6.92. The van der Waals surface area contributed by atoms with Crippen LogP contribution >= 0.6 is 0 Å². The molecule has 4 heteroatoms. The molecule has 1 saturated heterocycles. The van der Waals surface area contributed by atoms with Crippen LogP contribution in [0.1, 0.15) is 66.2 Å². The highest BCUT2D eigenvalue weighted by molar-refractivity contribution is 5.81. The molecule has 1 amide bonds. The van der Waals surface area contributed by atoms with Gasteiger partial charge in [-0.2, -0.15) is 0 Å². The molecule has 0 aromatic heterocycles. The molecule has 0 radical (unpaired) electrons. The van der Waals surface area contributed by atoms with E-state index in [1.807, 2.05) is 25.7 Å². The molecule has 1 atom stereocenters. The molecule has 1 heterocycles. The molecule has 1 aliphatic heterocycles. The summed E-state index contributed by atoms with van der Waals surface area (Å²) in [6.45, 7) is 8.43. The summed E-state index contributed by atoms with van der Waals surface area (Å²) in [5.74, 6) is -0.205. The van der Waals surface area contributed by atoms with Gasteiger partial charge in [-0.05, 0) is 40.5 Å². The summed E-state index contributed by atoms with van der Waals surface area (Å²) in [6, 6.07) is 0.300. The Morgan fingerprint density at radius 1 is 1.16 bits per heavy atom. The quantitative estimate of drug-likeness (QED) is 0.740. The van der Waals surface area contributed by atoms with E-state index >= 15 is 0 Å². The zero-order chi connectivity index (χ0) is 14.5. The van der Waals surface area contributed by atoms with Gasteiger partial charge in [0, 0.05) is 19.0 Å². The van der Waals surface area contributed by atoms with Crippen LogP contribution in [-0.4, -0.2) is 35.0 Å². The van der Waals surface area contributed by atoms with E-state index in [0.717, 1.165) is 19.4 Å². The van der Waals surface area contributed by atoms with Gasteiger partial charge in [0.2, 0.25) is 5.91 Å². The smallest absolute Gasteiger partial charge is 0.306 e. The highest BCUT2D eigenvalue weighted by atomic mass is 16.6. The molecular weight excluding hydrogens is 242 g/mol. The Labute approximate surface area is 116 Å². The van der Waals surface area contributed by atoms with Crippen LogP contribution in [0.2, 0.25) is 0 Å². The van der Waals surface area contributed by atoms with Crippen LogP contribution in [0.4, 0.5) is 0 Å². The Kier molecular flexibility index (Phi) is 5.83. The second-order valence-electron chi connectivity index (χ2n) is 6.37. The summed E-state index contributed by atoms with van der Waals surface area (Å²) in [7, 11) is 0. The number of hydrogen-bond acceptors (Lipinski definition) is 3. The minimum atomic E-state index is -0.476. The monoisotopic (exact) mass is 269 g/mol. The van der Waals surface area contributed by atoms with Gasteiger partial charge in [0.15, 0.2) is 0 Å². The Bertz CT molecular complexity index is 320. The van der Waals surface area contributed by atoms with Crippen LogP contribution in [0.15, 0.2) is 0 Å². The average Bonchev–Trinajstić information content (AvgIpc) is 2.48. The van der Waals surface area contributed by atoms with Gasteiger partial charge in [-0.25, -0.2) is 0 Å². The number of ether oxygens (including phenoxy) is 1. The van der Waals surface area contributed by atoms with Gasteiger partial charge < -0.3 is 9.64 Å². The molecule has 0 bridgehead atoms. The van der Waals surface area contributed by atoms with Gasteiger partial charge in [-0.1, -0.05) is 12.8 Å². The third kappa shape index (κ3) is 6.08. The molecule has 0 aromatic carbocycles. The number of nitrogens with zero attached hydrogens (tertiary/aromatic N) is 1. The maximum Gasteiger partial charge on any atom is 0.306 e. The molecule has 1 aliphatic rings. The number of amides is 1. The number of rotatable bonds is 3. The normalized spacial score (nSPS) is 20.8. The lowest BCUT2D eigenvalue weighted by molar-refractivity contribution is -0.156. The second-order valence-corrected chi connectivity index (χ2v) is 6.37. The van der Waals surface area contributed by atoms with Crippen molar-refractivity contribution in [3.8, 4) is 0 Å². The van der Waals surface area contributed by atoms with Crippen molar-refractivity contribution in [3.05, 3.63) is 0 Å². The molecule has 0 saturated carbocycles. The van der Waals surface area contributed by atoms with E-state index in [1.54, 1.807) is 0 Å². The molecule has 1 unspecified atom stereocenters. The molecule has 19 heavy (non-hydrogen) atoms. The van der Waals surface area contributed by atoms with Crippen molar-refractivity contribution in [2.24, 2.45) is 0 Å². The van der Waals surface area contributed by atoms with E-state index < -0.39 is 5.60 Å². The fraction of sp³-hybridized carbons (Fsp3) is 0.867. The highest BCUT2D eigenvalue weighted by Gasteiger charge is 2.23. The molecule has 110 valence electrons. The predicted octanol–water partition coefficient (Wildman–Crippen LogP) is 2.90. The molecule has 1 fully saturated rings.